The molecule has 1 aromatic carbocycles. The zero-order valence-corrected chi connectivity index (χ0v) is 12.4. The minimum Gasteiger partial charge on any atom is -0.478 e. The molecule has 108 valence electrons. The van der Waals surface area contributed by atoms with Crippen LogP contribution in [-0.4, -0.2) is 33.8 Å². The average molecular weight is 301 g/mol. The number of nitrogens with zero attached hydrogens (tertiary/aromatic N) is 3. The summed E-state index contributed by atoms with van der Waals surface area (Å²) in [6.45, 7) is 1.55. The third kappa shape index (κ3) is 2.85. The smallest absolute Gasteiger partial charge is 0.335 e. The molecule has 5 nitrogen and oxygen atoms in total. The number of hydrogen-bond acceptors (Lipinski definition) is 5. The monoisotopic (exact) mass is 301 g/mol. The summed E-state index contributed by atoms with van der Waals surface area (Å²) in [6, 6.07) is 7.04. The zero-order valence-electron chi connectivity index (χ0n) is 11.6. The van der Waals surface area contributed by atoms with Gasteiger partial charge in [0.25, 0.3) is 0 Å². The molecule has 1 aliphatic rings. The number of anilines is 1. The first kappa shape index (κ1) is 13.9. The van der Waals surface area contributed by atoms with Gasteiger partial charge in [-0.25, -0.2) is 14.8 Å². The Morgan fingerprint density at radius 2 is 2.29 bits per heavy atom. The number of benzene rings is 1. The second kappa shape index (κ2) is 5.73. The van der Waals surface area contributed by atoms with Gasteiger partial charge in [0.1, 0.15) is 0 Å². The van der Waals surface area contributed by atoms with Crippen LogP contribution >= 0.6 is 11.8 Å². The summed E-state index contributed by atoms with van der Waals surface area (Å²) in [6.07, 6.45) is 4.69. The van der Waals surface area contributed by atoms with Crippen molar-refractivity contribution in [1.82, 2.24) is 9.97 Å². The lowest BCUT2D eigenvalue weighted by molar-refractivity contribution is 0.0697. The summed E-state index contributed by atoms with van der Waals surface area (Å²) in [7, 11) is 0. The molecule has 0 radical (unpaired) electrons. The van der Waals surface area contributed by atoms with Crippen LogP contribution in [0.5, 0.6) is 0 Å². The Morgan fingerprint density at radius 1 is 1.43 bits per heavy atom. The van der Waals surface area contributed by atoms with Crippen molar-refractivity contribution in [1.29, 1.82) is 0 Å². The molecule has 2 heterocycles. The molecule has 0 amide bonds. The van der Waals surface area contributed by atoms with Crippen molar-refractivity contribution < 1.29 is 9.90 Å². The summed E-state index contributed by atoms with van der Waals surface area (Å²) in [5, 5.41) is 9.88. The van der Waals surface area contributed by atoms with E-state index in [1.165, 1.54) is 0 Å². The molecule has 1 N–H and O–H groups in total. The summed E-state index contributed by atoms with van der Waals surface area (Å²) in [5.74, 6) is -0.901. The lowest BCUT2D eigenvalue weighted by Crippen LogP contribution is -2.31. The molecule has 2 aromatic rings. The normalized spacial score (nSPS) is 13.9. The minimum absolute atomic E-state index is 0.312. The van der Waals surface area contributed by atoms with Crippen molar-refractivity contribution in [3.05, 3.63) is 47.3 Å². The number of thioether (sulfide) groups is 1. The highest BCUT2D eigenvalue weighted by atomic mass is 32.2. The Morgan fingerprint density at radius 3 is 3.05 bits per heavy atom. The SMILES string of the molecule is CSc1ncc2c(n1)CCN(c1cccc(C(=O)O)c1)C2. The molecule has 6 heteroatoms. The van der Waals surface area contributed by atoms with Crippen LogP contribution in [0, 0.1) is 0 Å². The maximum atomic E-state index is 11.1. The molecule has 0 saturated heterocycles. The molecule has 1 aromatic heterocycles. The standard InChI is InChI=1S/C15H15N3O2S/c1-21-15-16-8-11-9-18(6-5-13(11)17-15)12-4-2-3-10(7-12)14(19)20/h2-4,7-8H,5-6,9H2,1H3,(H,19,20). The van der Waals surface area contributed by atoms with E-state index in [9.17, 15) is 4.79 Å². The highest BCUT2D eigenvalue weighted by Gasteiger charge is 2.19. The van der Waals surface area contributed by atoms with Gasteiger partial charge < -0.3 is 10.0 Å². The zero-order chi connectivity index (χ0) is 14.8. The van der Waals surface area contributed by atoms with Crippen LogP contribution in [0.4, 0.5) is 5.69 Å². The van der Waals surface area contributed by atoms with Gasteiger partial charge in [-0.1, -0.05) is 17.8 Å². The molecule has 1 aliphatic heterocycles. The van der Waals surface area contributed by atoms with Gasteiger partial charge >= 0.3 is 5.97 Å². The molecule has 0 saturated carbocycles. The fourth-order valence-corrected chi connectivity index (χ4v) is 2.81. The molecular weight excluding hydrogens is 286 g/mol. The highest BCUT2D eigenvalue weighted by Crippen LogP contribution is 2.25. The molecule has 0 unspecified atom stereocenters. The first-order chi connectivity index (χ1) is 10.2. The first-order valence-electron chi connectivity index (χ1n) is 6.64. The van der Waals surface area contributed by atoms with Crippen LogP contribution in [0.15, 0.2) is 35.6 Å². The molecule has 0 bridgehead atoms. The Labute approximate surface area is 127 Å². The minimum atomic E-state index is -0.901. The summed E-state index contributed by atoms with van der Waals surface area (Å²) in [5.41, 5.74) is 3.45. The van der Waals surface area contributed by atoms with Gasteiger partial charge in [0.05, 0.1) is 11.3 Å². The lowest BCUT2D eigenvalue weighted by atomic mass is 10.1. The molecule has 0 spiro atoms. The average Bonchev–Trinajstić information content (AvgIpc) is 2.54. The molecule has 0 aliphatic carbocycles. The van der Waals surface area contributed by atoms with Gasteiger partial charge in [-0.3, -0.25) is 0 Å². The summed E-state index contributed by atoms with van der Waals surface area (Å²) < 4.78 is 0. The summed E-state index contributed by atoms with van der Waals surface area (Å²) in [4.78, 5) is 22.1. The Kier molecular flexibility index (Phi) is 3.79. The van der Waals surface area contributed by atoms with Crippen molar-refractivity contribution in [2.24, 2.45) is 0 Å². The molecular formula is C15H15N3O2S. The van der Waals surface area contributed by atoms with E-state index >= 15 is 0 Å². The van der Waals surface area contributed by atoms with E-state index in [0.29, 0.717) is 12.1 Å². The molecule has 0 fully saturated rings. The summed E-state index contributed by atoms with van der Waals surface area (Å²) >= 11 is 1.54. The van der Waals surface area contributed by atoms with Gasteiger partial charge in [-0.2, -0.15) is 0 Å². The van der Waals surface area contributed by atoms with E-state index in [0.717, 1.165) is 35.1 Å². The molecule has 21 heavy (non-hydrogen) atoms. The van der Waals surface area contributed by atoms with Crippen LogP contribution in [0.1, 0.15) is 21.6 Å². The van der Waals surface area contributed by atoms with E-state index in [2.05, 4.69) is 14.9 Å². The maximum Gasteiger partial charge on any atom is 0.335 e. The number of aromatic carboxylic acids is 1. The molecule has 0 atom stereocenters. The van der Waals surface area contributed by atoms with Crippen molar-refractivity contribution in [2.45, 2.75) is 18.1 Å². The van der Waals surface area contributed by atoms with Crippen LogP contribution in [0.2, 0.25) is 0 Å². The number of carbonyl (C=O) groups is 1. The predicted molar refractivity (Wildman–Crippen MR) is 82.0 cm³/mol. The van der Waals surface area contributed by atoms with Crippen LogP contribution in [0.25, 0.3) is 0 Å². The van der Waals surface area contributed by atoms with E-state index in [4.69, 9.17) is 5.11 Å². The van der Waals surface area contributed by atoms with Crippen molar-refractivity contribution in [2.75, 3.05) is 17.7 Å². The number of fused-ring (bicyclic) bond motifs is 1. The number of carboxylic acids is 1. The van der Waals surface area contributed by atoms with Gasteiger partial charge in [-0.15, -0.1) is 0 Å². The van der Waals surface area contributed by atoms with Crippen molar-refractivity contribution in [3.63, 3.8) is 0 Å². The van der Waals surface area contributed by atoms with Crippen LogP contribution in [0.3, 0.4) is 0 Å². The second-order valence-corrected chi connectivity index (χ2v) is 5.63. The largest absolute Gasteiger partial charge is 0.478 e. The predicted octanol–water partition coefficient (Wildman–Crippen LogP) is 2.46. The first-order valence-corrected chi connectivity index (χ1v) is 7.87. The van der Waals surface area contributed by atoms with Gasteiger partial charge in [0.2, 0.25) is 0 Å². The van der Waals surface area contributed by atoms with E-state index in [1.54, 1.807) is 30.0 Å². The maximum absolute atomic E-state index is 11.1. The van der Waals surface area contributed by atoms with E-state index < -0.39 is 5.97 Å². The number of hydrogen-bond donors (Lipinski definition) is 1. The lowest BCUT2D eigenvalue weighted by Gasteiger charge is -2.30. The van der Waals surface area contributed by atoms with Crippen LogP contribution < -0.4 is 4.90 Å². The fraction of sp³-hybridized carbons (Fsp3) is 0.267. The third-order valence-electron chi connectivity index (χ3n) is 3.55. The van der Waals surface area contributed by atoms with Crippen molar-refractivity contribution >= 4 is 23.4 Å². The van der Waals surface area contributed by atoms with Crippen molar-refractivity contribution in [3.8, 4) is 0 Å². The van der Waals surface area contributed by atoms with E-state index in [-0.39, 0.29) is 0 Å². The Bertz CT molecular complexity index is 690. The van der Waals surface area contributed by atoms with E-state index in [1.807, 2.05) is 18.5 Å². The Balaban J connectivity index is 1.86. The van der Waals surface area contributed by atoms with Gasteiger partial charge in [0.15, 0.2) is 5.16 Å². The second-order valence-electron chi connectivity index (χ2n) is 4.86. The fourth-order valence-electron chi connectivity index (χ4n) is 2.45. The number of carboxylic acid groups (broad SMARTS) is 1. The number of rotatable bonds is 3. The van der Waals surface area contributed by atoms with Crippen LogP contribution in [-0.2, 0) is 13.0 Å². The Hall–Kier alpha value is -2.08. The topological polar surface area (TPSA) is 66.3 Å². The quantitative estimate of drug-likeness (QED) is 0.694. The van der Waals surface area contributed by atoms with Gasteiger partial charge in [-0.05, 0) is 24.5 Å². The van der Waals surface area contributed by atoms with Gasteiger partial charge in [0, 0.05) is 37.0 Å². The number of aromatic nitrogens is 2. The highest BCUT2D eigenvalue weighted by molar-refractivity contribution is 7.98. The third-order valence-corrected chi connectivity index (χ3v) is 4.11. The molecule has 3 rings (SSSR count).